The van der Waals surface area contributed by atoms with Gasteiger partial charge in [0.2, 0.25) is 0 Å². The highest BCUT2D eigenvalue weighted by molar-refractivity contribution is 5.10. The zero-order valence-electron chi connectivity index (χ0n) is 46.4. The second kappa shape index (κ2) is 26.6. The Bertz CT molecular complexity index is 1770. The van der Waals surface area contributed by atoms with Crippen molar-refractivity contribution in [3.05, 3.63) is 0 Å². The molecule has 0 aromatic carbocycles. The quantitative estimate of drug-likeness (QED) is 0.0566. The van der Waals surface area contributed by atoms with Crippen molar-refractivity contribution in [3.63, 3.8) is 0 Å². The van der Waals surface area contributed by atoms with Crippen LogP contribution in [-0.4, -0.2) is 249 Å². The van der Waals surface area contributed by atoms with E-state index < -0.39 is 148 Å². The van der Waals surface area contributed by atoms with Gasteiger partial charge in [-0.2, -0.15) is 0 Å². The maximum Gasteiger partial charge on any atom is 0.187 e. The highest BCUT2D eigenvalue weighted by atomic mass is 16.8. The van der Waals surface area contributed by atoms with Gasteiger partial charge < -0.3 is 114 Å². The molecule has 4 heterocycles. The number of hydrogen-bond acceptors (Lipinski definition) is 23. The van der Waals surface area contributed by atoms with E-state index in [4.69, 9.17) is 47.4 Å². The van der Waals surface area contributed by atoms with E-state index in [-0.39, 0.29) is 26.2 Å². The highest BCUT2D eigenvalue weighted by Gasteiger charge is 2.61. The largest absolute Gasteiger partial charge is 0.394 e. The predicted molar refractivity (Wildman–Crippen MR) is 271 cm³/mol. The van der Waals surface area contributed by atoms with Crippen LogP contribution in [0, 0.1) is 51.8 Å². The molecule has 0 amide bonds. The maximum absolute atomic E-state index is 11.4. The number of hydrogen-bond donors (Lipinski definition) is 13. The summed E-state index contributed by atoms with van der Waals surface area (Å²) in [5, 5.41) is 138. The molecule has 30 atom stereocenters. The molecule has 78 heavy (non-hydrogen) atoms. The fourth-order valence-electron chi connectivity index (χ4n) is 15.7. The van der Waals surface area contributed by atoms with Crippen molar-refractivity contribution in [1.82, 2.24) is 0 Å². The monoisotopic (exact) mass is 1120 g/mol. The lowest BCUT2D eigenvalue weighted by molar-refractivity contribution is -0.364. The summed E-state index contributed by atoms with van der Waals surface area (Å²) >= 11 is 0. The number of methoxy groups -OCH3 is 1. The van der Waals surface area contributed by atoms with E-state index in [0.29, 0.717) is 35.4 Å². The molecule has 8 aliphatic rings. The first kappa shape index (κ1) is 63.1. The summed E-state index contributed by atoms with van der Waals surface area (Å²) in [7, 11) is 1.86. The van der Waals surface area contributed by atoms with Gasteiger partial charge in [-0.15, -0.1) is 0 Å². The number of aliphatic hydroxyl groups is 13. The maximum atomic E-state index is 11.4. The third-order valence-corrected chi connectivity index (χ3v) is 20.4. The summed E-state index contributed by atoms with van der Waals surface area (Å²) < 4.78 is 59.2. The Morgan fingerprint density at radius 3 is 1.59 bits per heavy atom. The minimum Gasteiger partial charge on any atom is -0.394 e. The molecule has 4 saturated carbocycles. The van der Waals surface area contributed by atoms with Crippen LogP contribution in [0.3, 0.4) is 0 Å². The van der Waals surface area contributed by atoms with E-state index >= 15 is 0 Å². The Hall–Kier alpha value is -0.920. The van der Waals surface area contributed by atoms with Gasteiger partial charge in [-0.05, 0) is 123 Å². The van der Waals surface area contributed by atoms with Crippen LogP contribution in [0.15, 0.2) is 0 Å². The summed E-state index contributed by atoms with van der Waals surface area (Å²) in [5.41, 5.74) is -0.416. The smallest absolute Gasteiger partial charge is 0.187 e. The molecule has 454 valence electrons. The molecule has 0 radical (unpaired) electrons. The molecule has 4 aliphatic heterocycles. The van der Waals surface area contributed by atoms with Gasteiger partial charge >= 0.3 is 0 Å². The predicted octanol–water partition coefficient (Wildman–Crippen LogP) is -1.20. The van der Waals surface area contributed by atoms with E-state index in [1.807, 2.05) is 7.11 Å². The molecule has 0 bridgehead atoms. The molecule has 0 aromatic rings. The summed E-state index contributed by atoms with van der Waals surface area (Å²) in [4.78, 5) is 0. The Morgan fingerprint density at radius 1 is 0.551 bits per heavy atom. The molecular formula is C55H96O23. The van der Waals surface area contributed by atoms with Crippen LogP contribution >= 0.6 is 0 Å². The minimum atomic E-state index is -1.84. The lowest BCUT2D eigenvalue weighted by Gasteiger charge is -2.61. The topological polar surface area (TPSA) is 355 Å². The fourth-order valence-corrected chi connectivity index (χ4v) is 15.7. The molecule has 23 heteroatoms. The number of rotatable bonds is 22. The van der Waals surface area contributed by atoms with Gasteiger partial charge in [-0.3, -0.25) is 0 Å². The molecule has 13 N–H and O–H groups in total. The van der Waals surface area contributed by atoms with E-state index in [1.54, 1.807) is 13.8 Å². The first-order valence-electron chi connectivity index (χ1n) is 29.0. The van der Waals surface area contributed by atoms with E-state index in [0.717, 1.165) is 42.9 Å². The van der Waals surface area contributed by atoms with Gasteiger partial charge in [0.15, 0.2) is 25.2 Å². The van der Waals surface area contributed by atoms with Crippen molar-refractivity contribution < 1.29 is 114 Å². The zero-order chi connectivity index (χ0) is 56.6. The lowest BCUT2D eigenvalue weighted by atomic mass is 9.44. The average molecular weight is 1130 g/mol. The average Bonchev–Trinajstić information content (AvgIpc) is 3.97. The molecule has 8 rings (SSSR count). The van der Waals surface area contributed by atoms with Crippen LogP contribution in [0.4, 0.5) is 0 Å². The Labute approximate surface area is 458 Å². The molecule has 0 spiro atoms. The second-order valence-corrected chi connectivity index (χ2v) is 25.4. The number of aliphatic hydroxyl groups excluding tert-OH is 13. The molecule has 0 aromatic heterocycles. The molecular weight excluding hydrogens is 1030 g/mol. The minimum absolute atomic E-state index is 0.0155. The fraction of sp³-hybridized carbons (Fsp3) is 1.00. The Balaban J connectivity index is 0.898. The summed E-state index contributed by atoms with van der Waals surface area (Å²) in [6.07, 6.45) is -18.1. The van der Waals surface area contributed by atoms with Gasteiger partial charge in [0.25, 0.3) is 0 Å². The zero-order valence-corrected chi connectivity index (χ0v) is 46.4. The van der Waals surface area contributed by atoms with Crippen LogP contribution < -0.4 is 0 Å². The van der Waals surface area contributed by atoms with Gasteiger partial charge in [-0.25, -0.2) is 0 Å². The normalized spacial score (nSPS) is 50.0. The van der Waals surface area contributed by atoms with Crippen LogP contribution in [0.25, 0.3) is 0 Å². The third-order valence-electron chi connectivity index (χ3n) is 20.4. The van der Waals surface area contributed by atoms with Gasteiger partial charge in [-0.1, -0.05) is 34.6 Å². The molecule has 23 nitrogen and oxygen atoms in total. The van der Waals surface area contributed by atoms with Gasteiger partial charge in [0, 0.05) is 19.1 Å². The lowest BCUT2D eigenvalue weighted by Crippen LogP contribution is -2.65. The van der Waals surface area contributed by atoms with Gasteiger partial charge in [0.1, 0.15) is 91.6 Å². The first-order chi connectivity index (χ1) is 37.1. The Morgan fingerprint density at radius 2 is 1.05 bits per heavy atom. The SMILES string of the molecule is CCC1O[C@@H](OCC(C)(COCCC[C@@H](C)[C@H]2CC[C@H]3[C@@H]4CC[C@@H]5C[C@H](OC)CC[C@]5(C)[C@H]4CC[C@]23C)CO[C@@H]2OC(CO)[C@@H](O[C@H]3OC(CO)[C@@H](O)[C@H](O)C3O)[C@H](O)C2O)C(O)[C@@H](O)C1O[C@@H]1OC(CO)[C@@H](O)[C@H](O)C1O. The molecule has 8 fully saturated rings. The van der Waals surface area contributed by atoms with Crippen molar-refractivity contribution in [3.8, 4) is 0 Å². The second-order valence-electron chi connectivity index (χ2n) is 25.4. The van der Waals surface area contributed by atoms with Crippen LogP contribution in [-0.2, 0) is 47.4 Å². The van der Waals surface area contributed by atoms with Crippen LogP contribution in [0.2, 0.25) is 0 Å². The van der Waals surface area contributed by atoms with Crippen molar-refractivity contribution in [2.24, 2.45) is 51.8 Å². The van der Waals surface area contributed by atoms with Crippen molar-refractivity contribution in [2.75, 3.05) is 53.4 Å². The molecule has 4 saturated heterocycles. The van der Waals surface area contributed by atoms with E-state index in [9.17, 15) is 66.4 Å². The van der Waals surface area contributed by atoms with Crippen LogP contribution in [0.1, 0.15) is 112 Å². The van der Waals surface area contributed by atoms with Crippen LogP contribution in [0.5, 0.6) is 0 Å². The first-order valence-corrected chi connectivity index (χ1v) is 29.0. The van der Waals surface area contributed by atoms with E-state index in [1.165, 1.54) is 51.4 Å². The molecule has 10 unspecified atom stereocenters. The van der Waals surface area contributed by atoms with E-state index in [2.05, 4.69) is 20.8 Å². The summed E-state index contributed by atoms with van der Waals surface area (Å²) in [6, 6.07) is 0. The van der Waals surface area contributed by atoms with Gasteiger partial charge in [0.05, 0.1) is 51.8 Å². The van der Waals surface area contributed by atoms with Crippen molar-refractivity contribution in [1.29, 1.82) is 0 Å². The standard InChI is InChI=1S/C55H96O23/c1-7-33-47(77-51-43(65)39(61)37(59)34(20-56)74-51)41(63)45(67)49(73-33)71-24-53(3,25-72-50-46(68)42(64)48(36(22-58)76-50)78-52-44(66)40(62)38(60)35(21-57)75-52)23-70-18-8-9-26(2)30-12-13-31-29-11-10-27-19-28(69-6)14-16-54(27,4)32(29)15-17-55(30,31)5/h26-52,56-68H,7-25H2,1-6H3/t26-,27-,28-,29+,30-,31+,32+,33?,34?,35?,36?,37-,38-,39+,40+,41-,42-,43?,44?,45?,46?,47?,48-,49-,50-,51+,52-,53?,54+,55-/m1/s1. The Kier molecular flexibility index (Phi) is 21.5. The number of ether oxygens (including phenoxy) is 10. The summed E-state index contributed by atoms with van der Waals surface area (Å²) in [5.74, 6) is 4.13. The van der Waals surface area contributed by atoms with Crippen molar-refractivity contribution >= 4 is 0 Å². The highest BCUT2D eigenvalue weighted by Crippen LogP contribution is 2.68. The third kappa shape index (κ3) is 12.7. The summed E-state index contributed by atoms with van der Waals surface area (Å²) in [6.45, 7) is 8.72. The van der Waals surface area contributed by atoms with Crippen molar-refractivity contribution in [2.45, 2.75) is 241 Å². The molecule has 4 aliphatic carbocycles. The number of fused-ring (bicyclic) bond motifs is 5.